The molecule has 0 amide bonds. The number of rotatable bonds is 0. The zero-order valence-electron chi connectivity index (χ0n) is 11.2. The van der Waals surface area contributed by atoms with Crippen molar-refractivity contribution < 1.29 is 14.6 Å². The summed E-state index contributed by atoms with van der Waals surface area (Å²) < 4.78 is 5.32. The van der Waals surface area contributed by atoms with E-state index in [1.807, 2.05) is 0 Å². The van der Waals surface area contributed by atoms with Crippen LogP contribution in [0.5, 0.6) is 0 Å². The molecule has 0 unspecified atom stereocenters. The van der Waals surface area contributed by atoms with E-state index in [4.69, 9.17) is 4.74 Å². The van der Waals surface area contributed by atoms with Gasteiger partial charge in [-0.25, -0.2) is 4.79 Å². The molecular weight excluding hydrogens is 228 g/mol. The molecule has 3 nitrogen and oxygen atoms in total. The molecule has 0 bridgehead atoms. The second-order valence-corrected chi connectivity index (χ2v) is 6.74. The Labute approximate surface area is 108 Å². The summed E-state index contributed by atoms with van der Waals surface area (Å²) in [6, 6.07) is 0. The van der Waals surface area contributed by atoms with Crippen molar-refractivity contribution in [2.75, 3.05) is 0 Å². The standard InChI is InChI=1S/C15H22O3/c1-9-5-4-6-11-7-12-15(17,8-14(9,11)3)10(2)13(16)18-12/h9,11-12,17H,2,4-8H2,1,3H3/t9-,11-,12-,14+,15+/m0/s1. The molecule has 0 aromatic carbocycles. The Morgan fingerprint density at radius 1 is 1.44 bits per heavy atom. The summed E-state index contributed by atoms with van der Waals surface area (Å²) in [5.41, 5.74) is -0.737. The van der Waals surface area contributed by atoms with E-state index in [2.05, 4.69) is 20.4 Å². The molecular formula is C15H22O3. The Hall–Kier alpha value is -0.830. The van der Waals surface area contributed by atoms with Crippen molar-refractivity contribution in [3.05, 3.63) is 12.2 Å². The van der Waals surface area contributed by atoms with Gasteiger partial charge >= 0.3 is 5.97 Å². The van der Waals surface area contributed by atoms with Gasteiger partial charge in [0.2, 0.25) is 0 Å². The molecule has 3 aliphatic rings. The van der Waals surface area contributed by atoms with Gasteiger partial charge in [-0.3, -0.25) is 0 Å². The van der Waals surface area contributed by atoms with Crippen LogP contribution in [0.4, 0.5) is 0 Å². The summed E-state index contributed by atoms with van der Waals surface area (Å²) in [4.78, 5) is 11.7. The second-order valence-electron chi connectivity index (χ2n) is 6.74. The lowest BCUT2D eigenvalue weighted by Crippen LogP contribution is -2.55. The maximum absolute atomic E-state index is 11.7. The van der Waals surface area contributed by atoms with Gasteiger partial charge in [-0.15, -0.1) is 0 Å². The normalized spacial score (nSPS) is 51.6. The number of hydrogen-bond donors (Lipinski definition) is 1. The van der Waals surface area contributed by atoms with Gasteiger partial charge in [0.1, 0.15) is 11.7 Å². The number of fused-ring (bicyclic) bond motifs is 2. The Kier molecular flexibility index (Phi) is 2.44. The van der Waals surface area contributed by atoms with Crippen LogP contribution >= 0.6 is 0 Å². The van der Waals surface area contributed by atoms with E-state index in [0.29, 0.717) is 18.3 Å². The molecule has 1 saturated heterocycles. The van der Waals surface area contributed by atoms with Crippen LogP contribution in [0.2, 0.25) is 0 Å². The highest BCUT2D eigenvalue weighted by atomic mass is 16.6. The lowest BCUT2D eigenvalue weighted by molar-refractivity contribution is -0.158. The molecule has 3 rings (SSSR count). The van der Waals surface area contributed by atoms with Crippen molar-refractivity contribution in [1.29, 1.82) is 0 Å². The molecule has 5 atom stereocenters. The van der Waals surface area contributed by atoms with Crippen LogP contribution < -0.4 is 0 Å². The largest absolute Gasteiger partial charge is 0.455 e. The summed E-state index contributed by atoms with van der Waals surface area (Å²) >= 11 is 0. The Balaban J connectivity index is 1.97. The predicted octanol–water partition coefficient (Wildman–Crippen LogP) is 2.44. The monoisotopic (exact) mass is 250 g/mol. The summed E-state index contributed by atoms with van der Waals surface area (Å²) in [5.74, 6) is 0.743. The maximum atomic E-state index is 11.7. The summed E-state index contributed by atoms with van der Waals surface area (Å²) in [5, 5.41) is 10.8. The molecule has 0 radical (unpaired) electrons. The fourth-order valence-electron chi connectivity index (χ4n) is 4.41. The van der Waals surface area contributed by atoms with Crippen molar-refractivity contribution in [2.45, 2.75) is 57.7 Å². The number of hydrogen-bond acceptors (Lipinski definition) is 3. The minimum atomic E-state index is -1.12. The highest BCUT2D eigenvalue weighted by molar-refractivity contribution is 5.93. The molecule has 1 aliphatic heterocycles. The van der Waals surface area contributed by atoms with E-state index in [9.17, 15) is 9.90 Å². The molecule has 2 saturated carbocycles. The van der Waals surface area contributed by atoms with Gasteiger partial charge in [0.15, 0.2) is 0 Å². The van der Waals surface area contributed by atoms with E-state index >= 15 is 0 Å². The van der Waals surface area contributed by atoms with Crippen molar-refractivity contribution in [3.8, 4) is 0 Å². The summed E-state index contributed by atoms with van der Waals surface area (Å²) in [7, 11) is 0. The van der Waals surface area contributed by atoms with Crippen LogP contribution in [-0.2, 0) is 9.53 Å². The van der Waals surface area contributed by atoms with Crippen LogP contribution in [0.15, 0.2) is 12.2 Å². The van der Waals surface area contributed by atoms with Crippen molar-refractivity contribution >= 4 is 5.97 Å². The highest BCUT2D eigenvalue weighted by Gasteiger charge is 2.61. The molecule has 0 aromatic rings. The highest BCUT2D eigenvalue weighted by Crippen LogP contribution is 2.59. The lowest BCUT2D eigenvalue weighted by atomic mass is 9.52. The minimum absolute atomic E-state index is 0.112. The maximum Gasteiger partial charge on any atom is 0.336 e. The van der Waals surface area contributed by atoms with Crippen molar-refractivity contribution in [1.82, 2.24) is 0 Å². The van der Waals surface area contributed by atoms with Gasteiger partial charge in [-0.05, 0) is 36.5 Å². The molecule has 1 N–H and O–H groups in total. The van der Waals surface area contributed by atoms with Crippen molar-refractivity contribution in [3.63, 3.8) is 0 Å². The zero-order valence-corrected chi connectivity index (χ0v) is 11.2. The zero-order chi connectivity index (χ0) is 13.1. The molecule has 3 fully saturated rings. The molecule has 1 heterocycles. The third kappa shape index (κ3) is 1.37. The molecule has 0 aromatic heterocycles. The molecule has 18 heavy (non-hydrogen) atoms. The first kappa shape index (κ1) is 12.2. The smallest absolute Gasteiger partial charge is 0.336 e. The van der Waals surface area contributed by atoms with E-state index in [-0.39, 0.29) is 17.1 Å². The third-order valence-corrected chi connectivity index (χ3v) is 5.95. The second kappa shape index (κ2) is 3.60. The van der Waals surface area contributed by atoms with Gasteiger partial charge in [0, 0.05) is 0 Å². The number of ether oxygens (including phenoxy) is 1. The topological polar surface area (TPSA) is 46.5 Å². The Morgan fingerprint density at radius 2 is 2.17 bits per heavy atom. The lowest BCUT2D eigenvalue weighted by Gasteiger charge is -2.54. The predicted molar refractivity (Wildman–Crippen MR) is 67.8 cm³/mol. The van der Waals surface area contributed by atoms with Crippen LogP contribution in [0.3, 0.4) is 0 Å². The van der Waals surface area contributed by atoms with Gasteiger partial charge in [0.25, 0.3) is 0 Å². The first-order valence-electron chi connectivity index (χ1n) is 7.00. The van der Waals surface area contributed by atoms with Gasteiger partial charge in [-0.1, -0.05) is 33.3 Å². The van der Waals surface area contributed by atoms with Crippen molar-refractivity contribution in [2.24, 2.45) is 17.3 Å². The fraction of sp³-hybridized carbons (Fsp3) is 0.800. The van der Waals surface area contributed by atoms with Gasteiger partial charge in [0.05, 0.1) is 5.57 Å². The summed E-state index contributed by atoms with van der Waals surface area (Å²) in [6.07, 6.45) is 4.72. The molecule has 2 aliphatic carbocycles. The van der Waals surface area contributed by atoms with Crippen LogP contribution in [0, 0.1) is 17.3 Å². The van der Waals surface area contributed by atoms with E-state index in [1.54, 1.807) is 0 Å². The number of esters is 1. The van der Waals surface area contributed by atoms with Gasteiger partial charge in [-0.2, -0.15) is 0 Å². The summed E-state index contributed by atoms with van der Waals surface area (Å²) in [6.45, 7) is 8.30. The number of carbonyl (C=O) groups is 1. The minimum Gasteiger partial charge on any atom is -0.455 e. The van der Waals surface area contributed by atoms with Crippen LogP contribution in [0.25, 0.3) is 0 Å². The SMILES string of the molecule is C=C1C(=O)O[C@H]2C[C@@H]3CCC[C@H](C)[C@@]3(C)C[C@@]12O. The van der Waals surface area contributed by atoms with Crippen LogP contribution in [-0.4, -0.2) is 22.8 Å². The molecule has 100 valence electrons. The van der Waals surface area contributed by atoms with Crippen LogP contribution in [0.1, 0.15) is 46.0 Å². The number of carbonyl (C=O) groups excluding carboxylic acids is 1. The quantitative estimate of drug-likeness (QED) is 0.530. The Morgan fingerprint density at radius 3 is 2.89 bits per heavy atom. The van der Waals surface area contributed by atoms with E-state index < -0.39 is 11.6 Å². The Bertz CT molecular complexity index is 416. The number of aliphatic hydroxyl groups is 1. The molecule has 3 heteroatoms. The average Bonchev–Trinajstić information content (AvgIpc) is 2.51. The first-order valence-corrected chi connectivity index (χ1v) is 7.00. The first-order chi connectivity index (χ1) is 8.38. The molecule has 0 spiro atoms. The fourth-order valence-corrected chi connectivity index (χ4v) is 4.41. The van der Waals surface area contributed by atoms with Gasteiger partial charge < -0.3 is 9.84 Å². The third-order valence-electron chi connectivity index (χ3n) is 5.95. The van der Waals surface area contributed by atoms with E-state index in [1.165, 1.54) is 19.3 Å². The average molecular weight is 250 g/mol. The van der Waals surface area contributed by atoms with E-state index in [0.717, 1.165) is 6.42 Å².